The summed E-state index contributed by atoms with van der Waals surface area (Å²) in [5, 5.41) is 0.692. The van der Waals surface area contributed by atoms with E-state index in [0.717, 1.165) is 11.1 Å². The predicted molar refractivity (Wildman–Crippen MR) is 48.7 cm³/mol. The summed E-state index contributed by atoms with van der Waals surface area (Å²) in [6, 6.07) is 3.55. The third kappa shape index (κ3) is 1.73. The minimum absolute atomic E-state index is 0.631. The Kier molecular flexibility index (Phi) is 2.64. The summed E-state index contributed by atoms with van der Waals surface area (Å²) in [6.07, 6.45) is 1.50. The molecule has 0 spiro atoms. The molecule has 0 N–H and O–H groups in total. The molecule has 1 rings (SSSR count). The Bertz CT molecular complexity index is 354. The molecule has 0 radical (unpaired) electrons. The summed E-state index contributed by atoms with van der Waals surface area (Å²) in [4.78, 5) is 13.5. The number of hydrogen-bond acceptors (Lipinski definition) is 2. The van der Waals surface area contributed by atoms with Gasteiger partial charge in [-0.1, -0.05) is 11.6 Å². The maximum absolute atomic E-state index is 10.00. The lowest BCUT2D eigenvalue weighted by Crippen LogP contribution is -1.79. The summed E-state index contributed by atoms with van der Waals surface area (Å²) in [6.45, 7) is 3.72. The van der Waals surface area contributed by atoms with Crippen LogP contribution in [0, 0.1) is 13.8 Å². The van der Waals surface area contributed by atoms with Gasteiger partial charge in [0, 0.05) is 5.02 Å². The van der Waals surface area contributed by atoms with E-state index in [9.17, 15) is 4.79 Å². The van der Waals surface area contributed by atoms with Crippen LogP contribution >= 0.6 is 11.6 Å². The molecule has 0 fully saturated rings. The molecule has 62 valence electrons. The Labute approximate surface area is 75.9 Å². The van der Waals surface area contributed by atoms with E-state index in [-0.39, 0.29) is 0 Å². The minimum atomic E-state index is 0.631. The Balaban J connectivity index is 3.32. The van der Waals surface area contributed by atoms with E-state index in [1.54, 1.807) is 12.1 Å². The Morgan fingerprint density at radius 1 is 1.33 bits per heavy atom. The molecule has 0 aliphatic rings. The summed E-state index contributed by atoms with van der Waals surface area (Å²) in [7, 11) is 0. The SMILES string of the molecule is Cc1cc(N=C=O)c(C)cc1Cl. The summed E-state index contributed by atoms with van der Waals surface area (Å²) < 4.78 is 0. The molecule has 1 aromatic rings. The standard InChI is InChI=1S/C9H8ClNO/c1-6-4-9(11-5-12)7(2)3-8(6)10/h3-4H,1-2H3. The lowest BCUT2D eigenvalue weighted by Gasteiger charge is -2.01. The molecule has 0 saturated heterocycles. The fourth-order valence-corrected chi connectivity index (χ4v) is 1.15. The van der Waals surface area contributed by atoms with Crippen LogP contribution in [-0.4, -0.2) is 6.08 Å². The topological polar surface area (TPSA) is 29.4 Å². The quantitative estimate of drug-likeness (QED) is 0.484. The van der Waals surface area contributed by atoms with Gasteiger partial charge in [0.1, 0.15) is 0 Å². The molecule has 0 aliphatic carbocycles. The van der Waals surface area contributed by atoms with Gasteiger partial charge >= 0.3 is 0 Å². The van der Waals surface area contributed by atoms with Crippen LogP contribution in [0.4, 0.5) is 5.69 Å². The Morgan fingerprint density at radius 3 is 2.58 bits per heavy atom. The minimum Gasteiger partial charge on any atom is -0.211 e. The van der Waals surface area contributed by atoms with Crippen molar-refractivity contribution in [1.82, 2.24) is 0 Å². The second-order valence-corrected chi connectivity index (χ2v) is 3.00. The second-order valence-electron chi connectivity index (χ2n) is 2.59. The highest BCUT2D eigenvalue weighted by molar-refractivity contribution is 6.31. The fraction of sp³-hybridized carbons (Fsp3) is 0.222. The predicted octanol–water partition coefficient (Wildman–Crippen LogP) is 2.92. The number of hydrogen-bond donors (Lipinski definition) is 0. The number of halogens is 1. The highest BCUT2D eigenvalue weighted by Gasteiger charge is 2.00. The van der Waals surface area contributed by atoms with Crippen LogP contribution in [-0.2, 0) is 4.79 Å². The van der Waals surface area contributed by atoms with Crippen molar-refractivity contribution < 1.29 is 4.79 Å². The zero-order chi connectivity index (χ0) is 9.14. The third-order valence-electron chi connectivity index (χ3n) is 1.64. The molecular formula is C9H8ClNO. The first kappa shape index (κ1) is 8.98. The lowest BCUT2D eigenvalue weighted by molar-refractivity contribution is 0.565. The zero-order valence-electron chi connectivity index (χ0n) is 6.89. The molecule has 3 heteroatoms. The molecule has 0 amide bonds. The first-order chi connectivity index (χ1) is 5.65. The second kappa shape index (κ2) is 3.53. The zero-order valence-corrected chi connectivity index (χ0v) is 7.64. The van der Waals surface area contributed by atoms with Gasteiger partial charge in [-0.25, -0.2) is 4.79 Å². The van der Waals surface area contributed by atoms with Gasteiger partial charge in [0.2, 0.25) is 6.08 Å². The number of isocyanates is 1. The van der Waals surface area contributed by atoms with E-state index in [1.165, 1.54) is 6.08 Å². The molecule has 12 heavy (non-hydrogen) atoms. The monoisotopic (exact) mass is 181 g/mol. The van der Waals surface area contributed by atoms with Gasteiger partial charge in [-0.3, -0.25) is 0 Å². The van der Waals surface area contributed by atoms with Gasteiger partial charge in [0.15, 0.2) is 0 Å². The van der Waals surface area contributed by atoms with Crippen molar-refractivity contribution in [2.24, 2.45) is 4.99 Å². The average molecular weight is 182 g/mol. The number of aliphatic imine (C=N–C) groups is 1. The van der Waals surface area contributed by atoms with E-state index in [0.29, 0.717) is 10.7 Å². The van der Waals surface area contributed by atoms with Gasteiger partial charge in [0.05, 0.1) is 5.69 Å². The number of carbonyl (C=O) groups excluding carboxylic acids is 1. The third-order valence-corrected chi connectivity index (χ3v) is 2.05. The van der Waals surface area contributed by atoms with Gasteiger partial charge in [-0.15, -0.1) is 0 Å². The average Bonchev–Trinajstić information content (AvgIpc) is 2.01. The number of aryl methyl sites for hydroxylation is 2. The van der Waals surface area contributed by atoms with Crippen molar-refractivity contribution in [3.05, 3.63) is 28.3 Å². The largest absolute Gasteiger partial charge is 0.240 e. The lowest BCUT2D eigenvalue weighted by atomic mass is 10.1. The van der Waals surface area contributed by atoms with Crippen molar-refractivity contribution in [3.8, 4) is 0 Å². The molecule has 0 aromatic heterocycles. The Morgan fingerprint density at radius 2 is 2.00 bits per heavy atom. The summed E-state index contributed by atoms with van der Waals surface area (Å²) >= 11 is 5.85. The summed E-state index contributed by atoms with van der Waals surface area (Å²) in [5.74, 6) is 0. The van der Waals surface area contributed by atoms with Crippen LogP contribution in [0.3, 0.4) is 0 Å². The Hall–Kier alpha value is -1.11. The molecule has 0 saturated carbocycles. The molecule has 0 atom stereocenters. The highest BCUT2D eigenvalue weighted by Crippen LogP contribution is 2.25. The van der Waals surface area contributed by atoms with Crippen molar-refractivity contribution in [2.45, 2.75) is 13.8 Å². The van der Waals surface area contributed by atoms with E-state index >= 15 is 0 Å². The molecular weight excluding hydrogens is 174 g/mol. The van der Waals surface area contributed by atoms with Crippen LogP contribution in [0.25, 0.3) is 0 Å². The van der Waals surface area contributed by atoms with Crippen LogP contribution in [0.2, 0.25) is 5.02 Å². The van der Waals surface area contributed by atoms with Crippen LogP contribution in [0.1, 0.15) is 11.1 Å². The van der Waals surface area contributed by atoms with E-state index in [1.807, 2.05) is 13.8 Å². The van der Waals surface area contributed by atoms with Crippen LogP contribution in [0.5, 0.6) is 0 Å². The normalized spacial score (nSPS) is 9.25. The molecule has 0 bridgehead atoms. The van der Waals surface area contributed by atoms with Crippen molar-refractivity contribution in [1.29, 1.82) is 0 Å². The van der Waals surface area contributed by atoms with Crippen LogP contribution in [0.15, 0.2) is 17.1 Å². The first-order valence-electron chi connectivity index (χ1n) is 3.50. The van der Waals surface area contributed by atoms with E-state index < -0.39 is 0 Å². The molecule has 1 aromatic carbocycles. The van der Waals surface area contributed by atoms with Gasteiger partial charge < -0.3 is 0 Å². The maximum Gasteiger partial charge on any atom is 0.240 e. The number of benzene rings is 1. The van der Waals surface area contributed by atoms with E-state index in [2.05, 4.69) is 4.99 Å². The molecule has 2 nitrogen and oxygen atoms in total. The van der Waals surface area contributed by atoms with Crippen molar-refractivity contribution >= 4 is 23.4 Å². The van der Waals surface area contributed by atoms with Crippen LogP contribution < -0.4 is 0 Å². The first-order valence-corrected chi connectivity index (χ1v) is 3.87. The summed E-state index contributed by atoms with van der Waals surface area (Å²) in [5.41, 5.74) is 2.43. The number of rotatable bonds is 1. The fourth-order valence-electron chi connectivity index (χ4n) is 0.935. The van der Waals surface area contributed by atoms with Crippen molar-refractivity contribution in [2.75, 3.05) is 0 Å². The van der Waals surface area contributed by atoms with Gasteiger partial charge in [0.25, 0.3) is 0 Å². The van der Waals surface area contributed by atoms with E-state index in [4.69, 9.17) is 11.6 Å². The molecule has 0 unspecified atom stereocenters. The highest BCUT2D eigenvalue weighted by atomic mass is 35.5. The van der Waals surface area contributed by atoms with Gasteiger partial charge in [-0.05, 0) is 37.1 Å². The van der Waals surface area contributed by atoms with Gasteiger partial charge in [-0.2, -0.15) is 4.99 Å². The maximum atomic E-state index is 10.00. The molecule has 0 heterocycles. The van der Waals surface area contributed by atoms with Crippen molar-refractivity contribution in [3.63, 3.8) is 0 Å². The molecule has 0 aliphatic heterocycles. The number of nitrogens with zero attached hydrogens (tertiary/aromatic N) is 1. The smallest absolute Gasteiger partial charge is 0.211 e.